The Morgan fingerprint density at radius 3 is 2.47 bits per heavy atom. The molecule has 5 rings (SSSR count). The van der Waals surface area contributed by atoms with Gasteiger partial charge in [-0.25, -0.2) is 4.79 Å². The lowest BCUT2D eigenvalue weighted by molar-refractivity contribution is -0.0272. The molecule has 6 nitrogen and oxygen atoms in total. The van der Waals surface area contributed by atoms with Crippen molar-refractivity contribution in [1.29, 1.82) is 0 Å². The van der Waals surface area contributed by atoms with E-state index in [0.29, 0.717) is 13.1 Å². The second-order valence-electron chi connectivity index (χ2n) is 10.6. The lowest BCUT2D eigenvalue weighted by Crippen LogP contribution is -2.52. The van der Waals surface area contributed by atoms with Crippen molar-refractivity contribution in [3.8, 4) is 16.9 Å². The predicted molar refractivity (Wildman–Crippen MR) is 145 cm³/mol. The molecule has 3 aromatic rings. The molecule has 0 N–H and O–H groups in total. The van der Waals surface area contributed by atoms with Gasteiger partial charge in [0, 0.05) is 31.7 Å². The summed E-state index contributed by atoms with van der Waals surface area (Å²) in [5.74, 6) is 1.87. The Morgan fingerprint density at radius 2 is 1.81 bits per heavy atom. The number of piperidine rings is 1. The molecular weight excluding hydrogens is 490 g/mol. The maximum atomic E-state index is 12.4. The van der Waals surface area contributed by atoms with Gasteiger partial charge in [-0.15, -0.1) is 10.2 Å². The van der Waals surface area contributed by atoms with E-state index in [9.17, 15) is 4.79 Å². The van der Waals surface area contributed by atoms with Gasteiger partial charge in [-0.1, -0.05) is 53.4 Å². The second-order valence-corrected chi connectivity index (χ2v) is 13.1. The Labute approximate surface area is 221 Å². The van der Waals surface area contributed by atoms with Gasteiger partial charge in [-0.05, 0) is 74.9 Å². The van der Waals surface area contributed by atoms with Crippen LogP contribution >= 0.6 is 23.1 Å². The summed E-state index contributed by atoms with van der Waals surface area (Å²) in [6.45, 7) is 9.04. The minimum absolute atomic E-state index is 0.183. The normalized spacial score (nSPS) is 16.9. The van der Waals surface area contributed by atoms with Crippen LogP contribution in [0.3, 0.4) is 0 Å². The third-order valence-electron chi connectivity index (χ3n) is 6.72. The summed E-state index contributed by atoms with van der Waals surface area (Å²) in [4.78, 5) is 14.3. The molecule has 0 saturated carbocycles. The van der Waals surface area contributed by atoms with Crippen LogP contribution in [0.2, 0.25) is 0 Å². The Balaban J connectivity index is 1.19. The highest BCUT2D eigenvalue weighted by atomic mass is 32.2. The first-order valence-electron chi connectivity index (χ1n) is 12.5. The number of nitrogens with zero attached hydrogens (tertiary/aromatic N) is 3. The van der Waals surface area contributed by atoms with Crippen LogP contribution in [0.25, 0.3) is 11.1 Å². The molecule has 0 radical (unpaired) electrons. The minimum atomic E-state index is -0.470. The first kappa shape index (κ1) is 25.1. The average Bonchev–Trinajstić information content (AvgIpc) is 3.27. The molecule has 190 valence electrons. The monoisotopic (exact) mass is 523 g/mol. The fourth-order valence-electron chi connectivity index (χ4n) is 4.75. The van der Waals surface area contributed by atoms with Gasteiger partial charge in [0.05, 0.1) is 0 Å². The van der Waals surface area contributed by atoms with Crippen LogP contribution in [0.4, 0.5) is 4.79 Å². The summed E-state index contributed by atoms with van der Waals surface area (Å²) in [7, 11) is 0. The van der Waals surface area contributed by atoms with E-state index in [1.807, 2.05) is 32.6 Å². The summed E-state index contributed by atoms with van der Waals surface area (Å²) in [6.07, 6.45) is 3.42. The SMILES string of the molecule is Cc1nnc(SCc2ccc(-c3ccc4c(c3)CCC3(CCN(C(=O)OC(C)(C)C)CC3)O4)cc2)s1. The third kappa shape index (κ3) is 5.86. The van der Waals surface area contributed by atoms with Crippen LogP contribution < -0.4 is 4.74 Å². The van der Waals surface area contributed by atoms with Crippen LogP contribution in [-0.4, -0.2) is 45.5 Å². The van der Waals surface area contributed by atoms with Gasteiger partial charge in [-0.2, -0.15) is 0 Å². The lowest BCUT2D eigenvalue weighted by Gasteiger charge is -2.44. The number of ether oxygens (including phenoxy) is 2. The molecule has 2 aliphatic heterocycles. The van der Waals surface area contributed by atoms with Crippen molar-refractivity contribution in [2.45, 2.75) is 74.7 Å². The van der Waals surface area contributed by atoms with Crippen LogP contribution in [0, 0.1) is 6.92 Å². The summed E-state index contributed by atoms with van der Waals surface area (Å²) >= 11 is 3.37. The highest BCUT2D eigenvalue weighted by Gasteiger charge is 2.41. The van der Waals surface area contributed by atoms with Gasteiger partial charge in [0.1, 0.15) is 22.0 Å². The standard InChI is InChI=1S/C28H33N3O3S2/c1-19-29-30-25(36-19)35-18-20-5-7-21(8-6-20)22-9-10-24-23(17-22)11-12-28(33-24)13-15-31(16-14-28)26(32)34-27(2,3)4/h5-10,17H,11-16,18H2,1-4H3. The average molecular weight is 524 g/mol. The number of rotatable bonds is 4. The maximum Gasteiger partial charge on any atom is 0.410 e. The maximum absolute atomic E-state index is 12.4. The molecule has 1 fully saturated rings. The zero-order chi connectivity index (χ0) is 25.3. The Bertz CT molecular complexity index is 1230. The lowest BCUT2D eigenvalue weighted by atomic mass is 9.82. The molecule has 0 unspecified atom stereocenters. The first-order chi connectivity index (χ1) is 17.2. The van der Waals surface area contributed by atoms with E-state index in [1.54, 1.807) is 23.1 Å². The fourth-order valence-corrected chi connectivity index (χ4v) is 6.52. The second kappa shape index (κ2) is 10.1. The summed E-state index contributed by atoms with van der Waals surface area (Å²) in [6, 6.07) is 15.3. The summed E-state index contributed by atoms with van der Waals surface area (Å²) < 4.78 is 13.1. The smallest absolute Gasteiger partial charge is 0.410 e. The fraction of sp³-hybridized carbons (Fsp3) is 0.464. The molecule has 0 atom stereocenters. The Kier molecular flexibility index (Phi) is 7.01. The van der Waals surface area contributed by atoms with E-state index in [1.165, 1.54) is 22.3 Å². The first-order valence-corrected chi connectivity index (χ1v) is 14.3. The van der Waals surface area contributed by atoms with Crippen LogP contribution in [0.15, 0.2) is 46.8 Å². The van der Waals surface area contributed by atoms with Gasteiger partial charge in [-0.3, -0.25) is 0 Å². The van der Waals surface area contributed by atoms with E-state index >= 15 is 0 Å². The molecule has 1 amide bonds. The molecule has 1 aromatic heterocycles. The third-order valence-corrected chi connectivity index (χ3v) is 8.76. The zero-order valence-electron chi connectivity index (χ0n) is 21.4. The molecule has 8 heteroatoms. The van der Waals surface area contributed by atoms with Gasteiger partial charge >= 0.3 is 6.09 Å². The molecule has 0 aliphatic carbocycles. The number of benzene rings is 2. The van der Waals surface area contributed by atoms with Crippen molar-refractivity contribution in [3.63, 3.8) is 0 Å². The van der Waals surface area contributed by atoms with E-state index in [2.05, 4.69) is 52.7 Å². The van der Waals surface area contributed by atoms with Gasteiger partial charge in [0.2, 0.25) is 0 Å². The van der Waals surface area contributed by atoms with Crippen molar-refractivity contribution in [1.82, 2.24) is 15.1 Å². The predicted octanol–water partition coefficient (Wildman–Crippen LogP) is 6.90. The number of thioether (sulfide) groups is 1. The van der Waals surface area contributed by atoms with Gasteiger partial charge in [0.25, 0.3) is 0 Å². The van der Waals surface area contributed by atoms with Gasteiger partial charge < -0.3 is 14.4 Å². The molecule has 2 aliphatic rings. The van der Waals surface area contributed by atoms with E-state index in [0.717, 1.165) is 46.5 Å². The molecule has 2 aromatic carbocycles. The molecule has 3 heterocycles. The topological polar surface area (TPSA) is 64.6 Å². The number of hydrogen-bond acceptors (Lipinski definition) is 7. The molecule has 1 saturated heterocycles. The number of likely N-dealkylation sites (tertiary alicyclic amines) is 1. The van der Waals surface area contributed by atoms with E-state index in [-0.39, 0.29) is 11.7 Å². The number of amides is 1. The largest absolute Gasteiger partial charge is 0.487 e. The molecular formula is C28H33N3O3S2. The quantitative estimate of drug-likeness (QED) is 0.347. The zero-order valence-corrected chi connectivity index (χ0v) is 23.0. The summed E-state index contributed by atoms with van der Waals surface area (Å²) in [5.41, 5.74) is 4.31. The molecule has 1 spiro atoms. The van der Waals surface area contributed by atoms with Crippen LogP contribution in [0.1, 0.15) is 56.2 Å². The highest BCUT2D eigenvalue weighted by Crippen LogP contribution is 2.41. The van der Waals surface area contributed by atoms with Crippen molar-refractivity contribution in [2.75, 3.05) is 13.1 Å². The highest BCUT2D eigenvalue weighted by molar-refractivity contribution is 8.00. The van der Waals surface area contributed by atoms with Crippen molar-refractivity contribution in [3.05, 3.63) is 58.6 Å². The number of carbonyl (C=O) groups is 1. The number of aryl methyl sites for hydroxylation is 2. The number of fused-ring (bicyclic) bond motifs is 1. The number of hydrogen-bond donors (Lipinski definition) is 0. The molecule has 36 heavy (non-hydrogen) atoms. The molecule has 0 bridgehead atoms. The number of aromatic nitrogens is 2. The Morgan fingerprint density at radius 1 is 1.08 bits per heavy atom. The van der Waals surface area contributed by atoms with Crippen LogP contribution in [0.5, 0.6) is 5.75 Å². The van der Waals surface area contributed by atoms with Crippen molar-refractivity contribution >= 4 is 29.2 Å². The van der Waals surface area contributed by atoms with Gasteiger partial charge in [0.15, 0.2) is 4.34 Å². The van der Waals surface area contributed by atoms with Crippen LogP contribution in [-0.2, 0) is 16.9 Å². The van der Waals surface area contributed by atoms with E-state index < -0.39 is 5.60 Å². The summed E-state index contributed by atoms with van der Waals surface area (Å²) in [5, 5.41) is 9.27. The number of carbonyl (C=O) groups excluding carboxylic acids is 1. The van der Waals surface area contributed by atoms with E-state index in [4.69, 9.17) is 9.47 Å². The minimum Gasteiger partial charge on any atom is -0.487 e. The Hall–Kier alpha value is -2.58. The van der Waals surface area contributed by atoms with Crippen molar-refractivity contribution < 1.29 is 14.3 Å². The van der Waals surface area contributed by atoms with Crippen molar-refractivity contribution in [2.24, 2.45) is 0 Å².